The van der Waals surface area contributed by atoms with Gasteiger partial charge in [0.2, 0.25) is 0 Å². The Bertz CT molecular complexity index is 454. The number of aryl methyl sites for hydroxylation is 1. The molecule has 1 aromatic rings. The van der Waals surface area contributed by atoms with E-state index in [-0.39, 0.29) is 0 Å². The summed E-state index contributed by atoms with van der Waals surface area (Å²) in [5.74, 6) is 1.98. The first-order valence-corrected chi connectivity index (χ1v) is 9.28. The van der Waals surface area contributed by atoms with Crippen molar-refractivity contribution < 1.29 is 29.7 Å². The average Bonchev–Trinajstić information content (AvgIpc) is 2.62. The van der Waals surface area contributed by atoms with Gasteiger partial charge in [0.15, 0.2) is 0 Å². The van der Waals surface area contributed by atoms with E-state index in [1.165, 1.54) is 43.6 Å². The van der Waals surface area contributed by atoms with Crippen LogP contribution in [0.3, 0.4) is 0 Å². The summed E-state index contributed by atoms with van der Waals surface area (Å²) in [6.45, 7) is 6.68. The molecule has 0 spiro atoms. The van der Waals surface area contributed by atoms with Gasteiger partial charge in [-0.15, -0.1) is 0 Å². The number of hydrogen-bond acceptors (Lipinski definition) is 0. The Morgan fingerprint density at radius 2 is 1.59 bits per heavy atom. The van der Waals surface area contributed by atoms with Crippen molar-refractivity contribution in [3.8, 4) is 0 Å². The van der Waals surface area contributed by atoms with Crippen LogP contribution in [0.5, 0.6) is 0 Å². The van der Waals surface area contributed by atoms with Gasteiger partial charge in [-0.3, -0.25) is 0 Å². The van der Waals surface area contributed by atoms with Crippen molar-refractivity contribution in [2.24, 2.45) is 7.05 Å². The predicted octanol–water partition coefficient (Wildman–Crippen LogP) is 6.60. The van der Waals surface area contributed by atoms with Crippen LogP contribution in [0.25, 0.3) is 0 Å². The van der Waals surface area contributed by atoms with Crippen molar-refractivity contribution in [1.82, 2.24) is 4.98 Å². The summed E-state index contributed by atoms with van der Waals surface area (Å²) < 4.78 is 61.5. The molecule has 134 valence electrons. The van der Waals surface area contributed by atoms with Gasteiger partial charge in [-0.2, -0.15) is 0 Å². The van der Waals surface area contributed by atoms with Gasteiger partial charge in [0, 0.05) is 12.8 Å². The molecule has 0 aliphatic rings. The Labute approximate surface area is 127 Å². The third-order valence-electron chi connectivity index (χ3n) is 3.39. The number of rotatable bonds is 6. The average molecular weight is 354 g/mol. The Morgan fingerprint density at radius 1 is 1.09 bits per heavy atom. The minimum absolute atomic E-state index is 0.728. The fraction of sp³-hybridized carbons (Fsp3) is 0.769. The van der Waals surface area contributed by atoms with Crippen LogP contribution in [0.1, 0.15) is 63.4 Å². The topological polar surface area (TPSA) is 19.7 Å². The summed E-state index contributed by atoms with van der Waals surface area (Å²) in [7, 11) is -8.50. The molecule has 0 amide bonds. The summed E-state index contributed by atoms with van der Waals surface area (Å²) in [6, 6.07) is 0. The van der Waals surface area contributed by atoms with Gasteiger partial charge >= 0.3 is 33.0 Å². The zero-order valence-corrected chi connectivity index (χ0v) is 14.2. The molecule has 1 rings (SSSR count). The number of imidazole rings is 1. The zero-order valence-electron chi connectivity index (χ0n) is 13.4. The van der Waals surface area contributed by atoms with Crippen LogP contribution in [0, 0.1) is 6.92 Å². The Morgan fingerprint density at radius 3 is 1.91 bits per heavy atom. The molecule has 0 aliphatic carbocycles. The van der Waals surface area contributed by atoms with E-state index in [1.807, 2.05) is 0 Å². The molecule has 0 fully saturated rings. The Kier molecular flexibility index (Phi) is 6.53. The second-order valence-electron chi connectivity index (χ2n) is 5.42. The molecule has 1 N–H and O–H groups in total. The SMILES string of the molecule is CCCCCC(CC)c1c[nH]c(C)[n+]1C.F[P-](F)(F)(F)(F)F. The van der Waals surface area contributed by atoms with E-state index >= 15 is 0 Å². The van der Waals surface area contributed by atoms with Crippen LogP contribution in [0.2, 0.25) is 0 Å². The fourth-order valence-corrected chi connectivity index (χ4v) is 2.16. The number of unbranched alkanes of at least 4 members (excludes halogenated alkanes) is 2. The van der Waals surface area contributed by atoms with Gasteiger partial charge in [0.25, 0.3) is 5.82 Å². The van der Waals surface area contributed by atoms with E-state index < -0.39 is 7.81 Å². The van der Waals surface area contributed by atoms with Crippen LogP contribution in [0.15, 0.2) is 6.20 Å². The van der Waals surface area contributed by atoms with Crippen molar-refractivity contribution in [2.45, 2.75) is 58.8 Å². The molecule has 0 aliphatic heterocycles. The van der Waals surface area contributed by atoms with E-state index in [2.05, 4.69) is 43.6 Å². The summed E-state index contributed by atoms with van der Waals surface area (Å²) in [6.07, 6.45) is 8.79. The van der Waals surface area contributed by atoms with Gasteiger partial charge in [0.05, 0.1) is 7.05 Å². The number of hydrogen-bond donors (Lipinski definition) is 1. The van der Waals surface area contributed by atoms with Crippen molar-refractivity contribution in [3.63, 3.8) is 0 Å². The molecule has 1 heterocycles. The summed E-state index contributed by atoms with van der Waals surface area (Å²) >= 11 is 0. The fourth-order valence-electron chi connectivity index (χ4n) is 2.16. The molecule has 0 saturated heterocycles. The molecule has 0 aromatic carbocycles. The predicted molar refractivity (Wildman–Crippen MR) is 77.4 cm³/mol. The van der Waals surface area contributed by atoms with Crippen LogP contribution >= 0.6 is 7.81 Å². The van der Waals surface area contributed by atoms with Crippen LogP contribution in [-0.4, -0.2) is 4.98 Å². The molecule has 0 radical (unpaired) electrons. The van der Waals surface area contributed by atoms with E-state index in [4.69, 9.17) is 0 Å². The number of halogens is 6. The molecule has 9 heteroatoms. The van der Waals surface area contributed by atoms with E-state index in [9.17, 15) is 25.2 Å². The number of nitrogens with zero attached hydrogens (tertiary/aromatic N) is 1. The van der Waals surface area contributed by atoms with E-state index in [0.29, 0.717) is 0 Å². The summed E-state index contributed by atoms with van der Waals surface area (Å²) in [5.41, 5.74) is 1.46. The standard InChI is InChI=1S/C13H24N2.F6P/c1-5-7-8-9-12(6-2)13-10-14-11(3)15(13)4;1-7(2,3,4,5)6/h10,12H,5-9H2,1-4H3;/q;-1/p+1. The first-order chi connectivity index (χ1) is 9.65. The zero-order chi connectivity index (χ0) is 17.7. The van der Waals surface area contributed by atoms with Crippen molar-refractivity contribution in [3.05, 3.63) is 17.7 Å². The first kappa shape index (κ1) is 21.2. The second kappa shape index (κ2) is 6.77. The number of nitrogens with one attached hydrogen (secondary N) is 1. The molecule has 1 unspecified atom stereocenters. The maximum atomic E-state index is 9.87. The van der Waals surface area contributed by atoms with Crippen molar-refractivity contribution >= 4 is 7.81 Å². The number of aromatic nitrogens is 2. The third kappa shape index (κ3) is 11.8. The van der Waals surface area contributed by atoms with Gasteiger partial charge in [0.1, 0.15) is 11.9 Å². The van der Waals surface area contributed by atoms with Crippen LogP contribution in [0.4, 0.5) is 25.2 Å². The summed E-state index contributed by atoms with van der Waals surface area (Å²) in [5, 5.41) is 0. The molecule has 2 nitrogen and oxygen atoms in total. The number of H-pyrrole nitrogens is 1. The third-order valence-corrected chi connectivity index (χ3v) is 3.39. The number of aromatic amines is 1. The molecule has 1 atom stereocenters. The Hall–Kier alpha value is -0.780. The minimum atomic E-state index is -10.7. The molecular formula is C13H25F6N2P. The van der Waals surface area contributed by atoms with Gasteiger partial charge < -0.3 is 0 Å². The van der Waals surface area contributed by atoms with Crippen molar-refractivity contribution in [1.29, 1.82) is 0 Å². The molecule has 1 aromatic heterocycles. The molecule has 0 bridgehead atoms. The van der Waals surface area contributed by atoms with Crippen molar-refractivity contribution in [2.75, 3.05) is 0 Å². The van der Waals surface area contributed by atoms with Crippen LogP contribution in [-0.2, 0) is 7.05 Å². The van der Waals surface area contributed by atoms with Gasteiger partial charge in [-0.05, 0) is 12.8 Å². The second-order valence-corrected chi connectivity index (χ2v) is 7.33. The molecule has 0 saturated carbocycles. The molecular weight excluding hydrogens is 329 g/mol. The first-order valence-electron chi connectivity index (χ1n) is 7.26. The quantitative estimate of drug-likeness (QED) is 0.257. The van der Waals surface area contributed by atoms with Gasteiger partial charge in [-0.1, -0.05) is 33.1 Å². The maximum absolute atomic E-state index is 10.7. The summed E-state index contributed by atoms with van der Waals surface area (Å²) in [4.78, 5) is 3.31. The van der Waals surface area contributed by atoms with E-state index in [1.54, 1.807) is 0 Å². The molecule has 22 heavy (non-hydrogen) atoms. The van der Waals surface area contributed by atoms with E-state index in [0.717, 1.165) is 5.92 Å². The monoisotopic (exact) mass is 354 g/mol. The Balaban J connectivity index is 0.000000534. The van der Waals surface area contributed by atoms with Crippen LogP contribution < -0.4 is 4.57 Å². The van der Waals surface area contributed by atoms with Gasteiger partial charge in [-0.25, -0.2) is 9.55 Å². The normalized spacial score (nSPS) is 16.3.